The topological polar surface area (TPSA) is 55.6 Å². The molecule has 1 saturated heterocycles. The van der Waals surface area contributed by atoms with Gasteiger partial charge in [0.1, 0.15) is 6.10 Å². The monoisotopic (exact) mass is 241 g/mol. The fourth-order valence-electron chi connectivity index (χ4n) is 1.23. The van der Waals surface area contributed by atoms with Crippen LogP contribution >= 0.6 is 15.9 Å². The third-order valence-corrected chi connectivity index (χ3v) is 2.50. The summed E-state index contributed by atoms with van der Waals surface area (Å²) in [4.78, 5) is 10.7. The molecule has 1 heterocycles. The van der Waals surface area contributed by atoms with Crippen LogP contribution in [0.25, 0.3) is 0 Å². The summed E-state index contributed by atoms with van der Waals surface area (Å²) in [5.41, 5.74) is 6.07. The molecule has 0 saturated carbocycles. The van der Waals surface area contributed by atoms with Gasteiger partial charge in [-0.2, -0.15) is 0 Å². The van der Waals surface area contributed by atoms with Gasteiger partial charge >= 0.3 is 0 Å². The van der Waals surface area contributed by atoms with Crippen LogP contribution in [0.15, 0.2) is 28.7 Å². The Morgan fingerprint density at radius 1 is 1.38 bits per heavy atom. The molecule has 4 heteroatoms. The Kier molecular flexibility index (Phi) is 2.09. The number of hydrogen-bond donors (Lipinski definition) is 1. The molecule has 68 valence electrons. The van der Waals surface area contributed by atoms with Crippen molar-refractivity contribution in [1.29, 1.82) is 0 Å². The molecular formula is C9H8BrNO2. The lowest BCUT2D eigenvalue weighted by molar-refractivity contribution is -0.119. The Balaban J connectivity index is 2.12. The first-order valence-corrected chi connectivity index (χ1v) is 4.68. The molecule has 0 spiro atoms. The zero-order chi connectivity index (χ0) is 9.42. The SMILES string of the molecule is NC(=O)[C@@H]1O[C@H]1c1ccc(Br)cc1. The summed E-state index contributed by atoms with van der Waals surface area (Å²) in [5.74, 6) is -0.395. The number of carbonyl (C=O) groups excluding carboxylic acids is 1. The van der Waals surface area contributed by atoms with Gasteiger partial charge in [0.25, 0.3) is 0 Å². The van der Waals surface area contributed by atoms with E-state index >= 15 is 0 Å². The molecule has 1 aromatic rings. The Labute approximate surface area is 84.0 Å². The van der Waals surface area contributed by atoms with Crippen LogP contribution in [0.5, 0.6) is 0 Å². The van der Waals surface area contributed by atoms with Crippen molar-refractivity contribution in [3.63, 3.8) is 0 Å². The van der Waals surface area contributed by atoms with Gasteiger partial charge in [0.2, 0.25) is 5.91 Å². The van der Waals surface area contributed by atoms with E-state index in [0.29, 0.717) is 0 Å². The Bertz CT molecular complexity index is 336. The molecule has 0 bridgehead atoms. The normalized spacial score (nSPS) is 25.6. The lowest BCUT2D eigenvalue weighted by Crippen LogP contribution is -2.18. The van der Waals surface area contributed by atoms with E-state index in [0.717, 1.165) is 10.0 Å². The molecule has 0 unspecified atom stereocenters. The molecule has 1 fully saturated rings. The predicted molar refractivity (Wildman–Crippen MR) is 51.0 cm³/mol. The molecule has 0 aliphatic carbocycles. The van der Waals surface area contributed by atoms with Gasteiger partial charge in [-0.3, -0.25) is 4.79 Å². The average molecular weight is 242 g/mol. The van der Waals surface area contributed by atoms with E-state index < -0.39 is 12.0 Å². The highest BCUT2D eigenvalue weighted by atomic mass is 79.9. The van der Waals surface area contributed by atoms with Crippen molar-refractivity contribution in [3.05, 3.63) is 34.3 Å². The number of rotatable bonds is 2. The number of halogens is 1. The summed E-state index contributed by atoms with van der Waals surface area (Å²) >= 11 is 3.33. The molecule has 1 amide bonds. The Morgan fingerprint density at radius 3 is 2.46 bits per heavy atom. The fourth-order valence-corrected chi connectivity index (χ4v) is 1.50. The number of primary amides is 1. The quantitative estimate of drug-likeness (QED) is 0.796. The van der Waals surface area contributed by atoms with Gasteiger partial charge < -0.3 is 10.5 Å². The summed E-state index contributed by atoms with van der Waals surface area (Å²) in [5, 5.41) is 0. The van der Waals surface area contributed by atoms with Gasteiger partial charge in [-0.05, 0) is 17.7 Å². The van der Waals surface area contributed by atoms with E-state index in [1.807, 2.05) is 24.3 Å². The lowest BCUT2D eigenvalue weighted by Gasteiger charge is -1.94. The maximum atomic E-state index is 10.7. The molecule has 1 aromatic carbocycles. The number of hydrogen-bond acceptors (Lipinski definition) is 2. The number of amides is 1. The molecule has 0 radical (unpaired) electrons. The van der Waals surface area contributed by atoms with E-state index in [1.54, 1.807) is 0 Å². The minimum Gasteiger partial charge on any atom is -0.367 e. The molecule has 13 heavy (non-hydrogen) atoms. The smallest absolute Gasteiger partial charge is 0.249 e. The van der Waals surface area contributed by atoms with Crippen molar-refractivity contribution in [2.24, 2.45) is 5.73 Å². The maximum absolute atomic E-state index is 10.7. The molecule has 3 nitrogen and oxygen atoms in total. The molecule has 2 atom stereocenters. The van der Waals surface area contributed by atoms with E-state index in [-0.39, 0.29) is 6.10 Å². The van der Waals surface area contributed by atoms with Gasteiger partial charge in [0.05, 0.1) is 0 Å². The summed E-state index contributed by atoms with van der Waals surface area (Å²) in [6.07, 6.45) is -0.563. The van der Waals surface area contributed by atoms with Crippen LogP contribution < -0.4 is 5.73 Å². The number of benzene rings is 1. The first kappa shape index (κ1) is 8.72. The van der Waals surface area contributed by atoms with Gasteiger partial charge in [0, 0.05) is 4.47 Å². The Morgan fingerprint density at radius 2 is 2.00 bits per heavy atom. The summed E-state index contributed by atoms with van der Waals surface area (Å²) in [6, 6.07) is 7.65. The second kappa shape index (κ2) is 3.12. The number of carbonyl (C=O) groups is 1. The van der Waals surface area contributed by atoms with E-state index in [9.17, 15) is 4.79 Å². The van der Waals surface area contributed by atoms with Gasteiger partial charge in [-0.15, -0.1) is 0 Å². The minimum absolute atomic E-state index is 0.134. The van der Waals surface area contributed by atoms with Crippen molar-refractivity contribution in [2.75, 3.05) is 0 Å². The second-order valence-corrected chi connectivity index (χ2v) is 3.85. The van der Waals surface area contributed by atoms with Crippen molar-refractivity contribution in [1.82, 2.24) is 0 Å². The summed E-state index contributed by atoms with van der Waals surface area (Å²) < 4.78 is 6.12. The number of nitrogens with two attached hydrogens (primary N) is 1. The summed E-state index contributed by atoms with van der Waals surface area (Å²) in [7, 11) is 0. The van der Waals surface area contributed by atoms with Gasteiger partial charge in [0.15, 0.2) is 6.10 Å². The Hall–Kier alpha value is -0.870. The highest BCUT2D eigenvalue weighted by Gasteiger charge is 2.44. The largest absolute Gasteiger partial charge is 0.367 e. The zero-order valence-electron chi connectivity index (χ0n) is 6.74. The van der Waals surface area contributed by atoms with Crippen LogP contribution in [0, 0.1) is 0 Å². The van der Waals surface area contributed by atoms with Crippen LogP contribution in [0.3, 0.4) is 0 Å². The highest BCUT2D eigenvalue weighted by Crippen LogP contribution is 2.38. The standard InChI is InChI=1S/C9H8BrNO2/c10-6-3-1-5(2-4-6)7-8(13-7)9(11)12/h1-4,7-8H,(H2,11,12)/t7-,8+/m0/s1. The van der Waals surface area contributed by atoms with Crippen molar-refractivity contribution >= 4 is 21.8 Å². The van der Waals surface area contributed by atoms with Crippen LogP contribution in [-0.2, 0) is 9.53 Å². The predicted octanol–water partition coefficient (Wildman–Crippen LogP) is 1.37. The van der Waals surface area contributed by atoms with E-state index in [2.05, 4.69) is 15.9 Å². The highest BCUT2D eigenvalue weighted by molar-refractivity contribution is 9.10. The zero-order valence-corrected chi connectivity index (χ0v) is 8.32. The van der Waals surface area contributed by atoms with Crippen molar-refractivity contribution in [3.8, 4) is 0 Å². The average Bonchev–Trinajstić information content (AvgIpc) is 2.85. The van der Waals surface area contributed by atoms with Gasteiger partial charge in [-0.25, -0.2) is 0 Å². The minimum atomic E-state index is -0.429. The van der Waals surface area contributed by atoms with Crippen molar-refractivity contribution in [2.45, 2.75) is 12.2 Å². The molecule has 0 aromatic heterocycles. The molecule has 1 aliphatic heterocycles. The van der Waals surface area contributed by atoms with Crippen molar-refractivity contribution < 1.29 is 9.53 Å². The lowest BCUT2D eigenvalue weighted by atomic mass is 10.1. The van der Waals surface area contributed by atoms with E-state index in [4.69, 9.17) is 10.5 Å². The second-order valence-electron chi connectivity index (χ2n) is 2.93. The first-order valence-electron chi connectivity index (χ1n) is 3.89. The number of epoxide rings is 1. The molecule has 1 aliphatic rings. The maximum Gasteiger partial charge on any atom is 0.249 e. The molecular weight excluding hydrogens is 234 g/mol. The molecule has 2 rings (SSSR count). The van der Waals surface area contributed by atoms with Crippen LogP contribution in [0.1, 0.15) is 11.7 Å². The number of ether oxygens (including phenoxy) is 1. The van der Waals surface area contributed by atoms with Gasteiger partial charge in [-0.1, -0.05) is 28.1 Å². The van der Waals surface area contributed by atoms with Crippen LogP contribution in [0.2, 0.25) is 0 Å². The third-order valence-electron chi connectivity index (χ3n) is 1.97. The fraction of sp³-hybridized carbons (Fsp3) is 0.222. The summed E-state index contributed by atoms with van der Waals surface area (Å²) in [6.45, 7) is 0. The van der Waals surface area contributed by atoms with Crippen LogP contribution in [-0.4, -0.2) is 12.0 Å². The first-order chi connectivity index (χ1) is 6.18. The van der Waals surface area contributed by atoms with E-state index in [1.165, 1.54) is 0 Å². The third kappa shape index (κ3) is 1.73. The van der Waals surface area contributed by atoms with Crippen LogP contribution in [0.4, 0.5) is 0 Å². The molecule has 2 N–H and O–H groups in total.